The Morgan fingerprint density at radius 3 is 2.72 bits per heavy atom. The molecule has 0 spiro atoms. The van der Waals surface area contributed by atoms with Crippen molar-refractivity contribution >= 4 is 23.4 Å². The quantitative estimate of drug-likeness (QED) is 0.696. The van der Waals surface area contributed by atoms with Crippen LogP contribution in [-0.4, -0.2) is 20.7 Å². The van der Waals surface area contributed by atoms with Gasteiger partial charge in [0.15, 0.2) is 5.16 Å². The number of hydrogen-bond donors (Lipinski definition) is 1. The van der Waals surface area contributed by atoms with E-state index in [-0.39, 0.29) is 17.0 Å². The molecule has 1 unspecified atom stereocenters. The van der Waals surface area contributed by atoms with Gasteiger partial charge in [-0.15, -0.1) is 10.2 Å². The Morgan fingerprint density at radius 1 is 1.24 bits per heavy atom. The molecule has 0 saturated carbocycles. The topological polar surface area (TPSA) is 59.8 Å². The molecule has 0 aliphatic rings. The predicted octanol–water partition coefficient (Wildman–Crippen LogP) is 4.22. The monoisotopic (exact) mass is 356 g/mol. The van der Waals surface area contributed by atoms with Gasteiger partial charge in [-0.1, -0.05) is 30.0 Å². The highest BCUT2D eigenvalue weighted by Gasteiger charge is 2.14. The molecule has 25 heavy (non-hydrogen) atoms. The molecule has 1 aromatic heterocycles. The molecule has 5 nitrogen and oxygen atoms in total. The first-order valence-electron chi connectivity index (χ1n) is 7.73. The van der Waals surface area contributed by atoms with E-state index in [4.69, 9.17) is 0 Å². The lowest BCUT2D eigenvalue weighted by atomic mass is 10.2. The number of aromatic nitrogens is 3. The molecule has 0 radical (unpaired) electrons. The molecular formula is C18H17FN4OS. The van der Waals surface area contributed by atoms with Gasteiger partial charge in [-0.3, -0.25) is 9.36 Å². The summed E-state index contributed by atoms with van der Waals surface area (Å²) < 4.78 is 14.9. The summed E-state index contributed by atoms with van der Waals surface area (Å²) >= 11 is 1.53. The maximum absolute atomic E-state index is 13.1. The normalized spacial score (nSPS) is 12.0. The second-order valence-electron chi connectivity index (χ2n) is 5.53. The van der Waals surface area contributed by atoms with Gasteiger partial charge < -0.3 is 5.32 Å². The van der Waals surface area contributed by atoms with Gasteiger partial charge in [-0.2, -0.15) is 0 Å². The van der Waals surface area contributed by atoms with Crippen molar-refractivity contribution in [3.63, 3.8) is 0 Å². The fourth-order valence-corrected chi connectivity index (χ4v) is 3.35. The molecule has 1 amide bonds. The molecule has 0 bridgehead atoms. The van der Waals surface area contributed by atoms with Crippen LogP contribution in [-0.2, 0) is 4.79 Å². The summed E-state index contributed by atoms with van der Waals surface area (Å²) in [5, 5.41) is 11.7. The van der Waals surface area contributed by atoms with Crippen LogP contribution in [0.15, 0.2) is 60.0 Å². The summed E-state index contributed by atoms with van der Waals surface area (Å²) in [4.78, 5) is 11.2. The average Bonchev–Trinajstić information content (AvgIpc) is 3.03. The second-order valence-corrected chi connectivity index (χ2v) is 6.83. The van der Waals surface area contributed by atoms with E-state index >= 15 is 0 Å². The van der Waals surface area contributed by atoms with Crippen molar-refractivity contribution in [1.82, 2.24) is 14.8 Å². The van der Waals surface area contributed by atoms with Crippen LogP contribution in [0.2, 0.25) is 0 Å². The van der Waals surface area contributed by atoms with Gasteiger partial charge in [0.05, 0.1) is 5.69 Å². The van der Waals surface area contributed by atoms with Crippen LogP contribution < -0.4 is 5.32 Å². The number of thioether (sulfide) groups is 1. The summed E-state index contributed by atoms with van der Waals surface area (Å²) in [6.45, 7) is 3.50. The number of nitrogens with one attached hydrogen (secondary N) is 1. The van der Waals surface area contributed by atoms with Crippen LogP contribution in [0, 0.1) is 5.82 Å². The maximum atomic E-state index is 13.1. The van der Waals surface area contributed by atoms with Crippen LogP contribution >= 0.6 is 11.8 Å². The second kappa shape index (κ2) is 7.48. The first kappa shape index (κ1) is 17.2. The predicted molar refractivity (Wildman–Crippen MR) is 96.3 cm³/mol. The van der Waals surface area contributed by atoms with Crippen molar-refractivity contribution in [2.75, 3.05) is 5.32 Å². The molecule has 7 heteroatoms. The smallest absolute Gasteiger partial charge is 0.221 e. The lowest BCUT2D eigenvalue weighted by molar-refractivity contribution is -0.114. The third kappa shape index (κ3) is 4.24. The van der Waals surface area contributed by atoms with Gasteiger partial charge >= 0.3 is 0 Å². The molecule has 3 rings (SSSR count). The van der Waals surface area contributed by atoms with Crippen molar-refractivity contribution in [3.8, 4) is 5.69 Å². The Labute approximate surface area is 149 Å². The van der Waals surface area contributed by atoms with Gasteiger partial charge in [0, 0.05) is 17.9 Å². The molecular weight excluding hydrogens is 339 g/mol. The number of carbonyl (C=O) groups is 1. The highest BCUT2D eigenvalue weighted by atomic mass is 32.2. The Bertz CT molecular complexity index is 879. The molecule has 0 fully saturated rings. The van der Waals surface area contributed by atoms with E-state index < -0.39 is 0 Å². The minimum atomic E-state index is -0.251. The number of hydrogen-bond acceptors (Lipinski definition) is 4. The highest BCUT2D eigenvalue weighted by Crippen LogP contribution is 2.34. The fraction of sp³-hybridized carbons (Fsp3) is 0.167. The van der Waals surface area contributed by atoms with Crippen LogP contribution in [0.25, 0.3) is 5.69 Å². The van der Waals surface area contributed by atoms with E-state index in [1.165, 1.54) is 30.8 Å². The van der Waals surface area contributed by atoms with Crippen molar-refractivity contribution in [3.05, 3.63) is 66.2 Å². The van der Waals surface area contributed by atoms with E-state index in [1.807, 2.05) is 35.8 Å². The largest absolute Gasteiger partial charge is 0.326 e. The van der Waals surface area contributed by atoms with Crippen molar-refractivity contribution in [2.24, 2.45) is 0 Å². The highest BCUT2D eigenvalue weighted by molar-refractivity contribution is 7.99. The first-order chi connectivity index (χ1) is 12.0. The summed E-state index contributed by atoms with van der Waals surface area (Å²) in [7, 11) is 0. The number of halogens is 1. The SMILES string of the molecule is CC(=O)Nc1cccc(-n2cnnc2SC(C)c2ccc(F)cc2)c1. The Morgan fingerprint density at radius 2 is 2.00 bits per heavy atom. The zero-order valence-corrected chi connectivity index (χ0v) is 14.6. The van der Waals surface area contributed by atoms with Crippen LogP contribution in [0.3, 0.4) is 0 Å². The summed E-state index contributed by atoms with van der Waals surface area (Å²) in [6.07, 6.45) is 1.63. The van der Waals surface area contributed by atoms with E-state index in [0.717, 1.165) is 16.4 Å². The van der Waals surface area contributed by atoms with Gasteiger partial charge in [0.2, 0.25) is 5.91 Å². The van der Waals surface area contributed by atoms with Gasteiger partial charge in [-0.25, -0.2) is 4.39 Å². The van der Waals surface area contributed by atoms with Crippen molar-refractivity contribution in [2.45, 2.75) is 24.3 Å². The standard InChI is InChI=1S/C18H17FN4OS/c1-12(14-6-8-15(19)9-7-14)25-18-22-20-11-23(18)17-5-3-4-16(10-17)21-13(2)24/h3-12H,1-2H3,(H,21,24). The Kier molecular flexibility index (Phi) is 5.14. The third-order valence-corrected chi connectivity index (χ3v) is 4.70. The summed E-state index contributed by atoms with van der Waals surface area (Å²) in [5.41, 5.74) is 2.57. The van der Waals surface area contributed by atoms with Crippen LogP contribution in [0.5, 0.6) is 0 Å². The molecule has 3 aromatic rings. The Balaban J connectivity index is 1.83. The number of carbonyl (C=O) groups excluding carboxylic acids is 1. The Hall–Kier alpha value is -2.67. The number of nitrogens with zero attached hydrogens (tertiary/aromatic N) is 3. The zero-order chi connectivity index (χ0) is 17.8. The lowest BCUT2D eigenvalue weighted by Crippen LogP contribution is -2.06. The van der Waals surface area contributed by atoms with Crippen LogP contribution in [0.1, 0.15) is 24.7 Å². The number of anilines is 1. The molecule has 0 aliphatic carbocycles. The molecule has 2 aromatic carbocycles. The van der Waals surface area contributed by atoms with E-state index in [9.17, 15) is 9.18 Å². The third-order valence-electron chi connectivity index (χ3n) is 3.58. The van der Waals surface area contributed by atoms with E-state index in [0.29, 0.717) is 5.69 Å². The molecule has 1 atom stereocenters. The van der Waals surface area contributed by atoms with Gasteiger partial charge in [0.25, 0.3) is 0 Å². The van der Waals surface area contributed by atoms with Crippen molar-refractivity contribution in [1.29, 1.82) is 0 Å². The van der Waals surface area contributed by atoms with E-state index in [1.54, 1.807) is 18.5 Å². The number of benzene rings is 2. The summed E-state index contributed by atoms with van der Waals surface area (Å²) in [6, 6.07) is 13.9. The van der Waals surface area contributed by atoms with E-state index in [2.05, 4.69) is 15.5 Å². The van der Waals surface area contributed by atoms with Crippen molar-refractivity contribution < 1.29 is 9.18 Å². The zero-order valence-electron chi connectivity index (χ0n) is 13.8. The minimum absolute atomic E-state index is 0.0853. The lowest BCUT2D eigenvalue weighted by Gasteiger charge is -2.13. The van der Waals surface area contributed by atoms with Gasteiger partial charge in [0.1, 0.15) is 12.1 Å². The van der Waals surface area contributed by atoms with Crippen LogP contribution in [0.4, 0.5) is 10.1 Å². The number of amides is 1. The molecule has 0 saturated heterocycles. The molecule has 1 heterocycles. The minimum Gasteiger partial charge on any atom is -0.326 e. The number of rotatable bonds is 5. The summed E-state index contributed by atoms with van der Waals surface area (Å²) in [5.74, 6) is -0.376. The maximum Gasteiger partial charge on any atom is 0.221 e. The average molecular weight is 356 g/mol. The van der Waals surface area contributed by atoms with Gasteiger partial charge in [-0.05, 0) is 42.8 Å². The molecule has 0 aliphatic heterocycles. The molecule has 1 N–H and O–H groups in total. The molecule has 128 valence electrons. The first-order valence-corrected chi connectivity index (χ1v) is 8.61. The fourth-order valence-electron chi connectivity index (χ4n) is 2.38.